The monoisotopic (exact) mass is 435 g/mol. The van der Waals surface area contributed by atoms with Crippen LogP contribution in [0.15, 0.2) is 23.2 Å². The van der Waals surface area contributed by atoms with Gasteiger partial charge >= 0.3 is 6.09 Å². The minimum absolute atomic E-state index is 0.0394. The molecule has 2 aliphatic heterocycles. The Hall–Kier alpha value is -2.33. The molecule has 1 aliphatic carbocycles. The van der Waals surface area contributed by atoms with Gasteiger partial charge in [0.1, 0.15) is 11.9 Å². The molecule has 1 aromatic rings. The normalized spacial score (nSPS) is 28.6. The Kier molecular flexibility index (Phi) is 5.63. The Morgan fingerprint density at radius 1 is 1.33 bits per heavy atom. The third kappa shape index (κ3) is 4.39. The highest BCUT2D eigenvalue weighted by atomic mass is 32.2. The third-order valence-electron chi connectivity index (χ3n) is 5.92. The molecule has 0 spiro atoms. The summed E-state index contributed by atoms with van der Waals surface area (Å²) in [6, 6.07) is 5.78. The summed E-state index contributed by atoms with van der Waals surface area (Å²) in [5, 5.41) is 2.76. The first-order valence-corrected chi connectivity index (χ1v) is 12.0. The number of anilines is 1. The number of ether oxygens (including phenoxy) is 1. The summed E-state index contributed by atoms with van der Waals surface area (Å²) < 4.78 is 30.9. The van der Waals surface area contributed by atoms with Crippen LogP contribution in [-0.2, 0) is 20.5 Å². The molecule has 0 radical (unpaired) electrons. The molecule has 2 heterocycles. The highest BCUT2D eigenvalue weighted by molar-refractivity contribution is 7.92. The average Bonchev–Trinajstić information content (AvgIpc) is 3.35. The molecule has 1 saturated heterocycles. The van der Waals surface area contributed by atoms with E-state index in [4.69, 9.17) is 4.74 Å². The van der Waals surface area contributed by atoms with E-state index in [0.717, 1.165) is 42.8 Å². The highest BCUT2D eigenvalue weighted by Gasteiger charge is 2.36. The van der Waals surface area contributed by atoms with E-state index in [0.29, 0.717) is 11.6 Å². The van der Waals surface area contributed by atoms with Crippen LogP contribution in [0.3, 0.4) is 0 Å². The van der Waals surface area contributed by atoms with Gasteiger partial charge in [0, 0.05) is 25.6 Å². The van der Waals surface area contributed by atoms with E-state index in [9.17, 15) is 13.2 Å². The van der Waals surface area contributed by atoms with E-state index >= 15 is 0 Å². The summed E-state index contributed by atoms with van der Waals surface area (Å²) in [6.07, 6.45) is 3.05. The molecule has 3 atom stereocenters. The Morgan fingerprint density at radius 3 is 2.90 bits per heavy atom. The number of aliphatic imine (C=N–C) groups is 1. The van der Waals surface area contributed by atoms with Crippen molar-refractivity contribution in [3.05, 3.63) is 23.8 Å². The Morgan fingerprint density at radius 2 is 2.13 bits per heavy atom. The SMILES string of the molecule is CC(C)NC(=O)O[C@@H]1CC[C@H](C2CC(=Nc3ccc4c(c3)N(C)S(=O)(=O)C4)NN2)C1. The summed E-state index contributed by atoms with van der Waals surface area (Å²) in [5.41, 5.74) is 8.68. The lowest BCUT2D eigenvalue weighted by molar-refractivity contribution is 0.0956. The number of carbonyl (C=O) groups excluding carboxylic acids is 1. The number of hydrogen-bond acceptors (Lipinski definition) is 6. The lowest BCUT2D eigenvalue weighted by Gasteiger charge is -2.18. The molecular formula is C20H29N5O4S. The van der Waals surface area contributed by atoms with Crippen molar-refractivity contribution in [3.63, 3.8) is 0 Å². The Balaban J connectivity index is 1.35. The average molecular weight is 436 g/mol. The van der Waals surface area contributed by atoms with Gasteiger partial charge in [-0.25, -0.2) is 23.6 Å². The molecule has 9 nitrogen and oxygen atoms in total. The summed E-state index contributed by atoms with van der Waals surface area (Å²) in [7, 11) is -1.68. The third-order valence-corrected chi connectivity index (χ3v) is 7.62. The van der Waals surface area contributed by atoms with Crippen LogP contribution in [0.1, 0.15) is 45.1 Å². The summed E-state index contributed by atoms with van der Waals surface area (Å²) >= 11 is 0. The van der Waals surface area contributed by atoms with Crippen molar-refractivity contribution in [2.24, 2.45) is 10.9 Å². The number of rotatable bonds is 4. The lowest BCUT2D eigenvalue weighted by atomic mass is 9.96. The van der Waals surface area contributed by atoms with E-state index in [1.807, 2.05) is 32.0 Å². The number of sulfonamides is 1. The van der Waals surface area contributed by atoms with E-state index in [1.54, 1.807) is 7.05 Å². The van der Waals surface area contributed by atoms with Gasteiger partial charge in [-0.2, -0.15) is 0 Å². The van der Waals surface area contributed by atoms with E-state index < -0.39 is 10.0 Å². The maximum Gasteiger partial charge on any atom is 0.407 e. The molecule has 1 aromatic carbocycles. The number of amides is 1. The fourth-order valence-electron chi connectivity index (χ4n) is 4.35. The molecule has 1 saturated carbocycles. The molecule has 0 bridgehead atoms. The number of nitrogens with one attached hydrogen (secondary N) is 3. The van der Waals surface area contributed by atoms with Crippen molar-refractivity contribution in [2.75, 3.05) is 11.4 Å². The quantitative estimate of drug-likeness (QED) is 0.668. The largest absolute Gasteiger partial charge is 0.446 e. The number of hydrogen-bond donors (Lipinski definition) is 3. The minimum atomic E-state index is -3.25. The molecule has 3 N–H and O–H groups in total. The maximum absolute atomic E-state index is 12.0. The Labute approximate surface area is 177 Å². The number of amidine groups is 1. The van der Waals surface area contributed by atoms with Crippen LogP contribution in [0.25, 0.3) is 0 Å². The van der Waals surface area contributed by atoms with Crippen molar-refractivity contribution in [3.8, 4) is 0 Å². The summed E-state index contributed by atoms with van der Waals surface area (Å²) in [4.78, 5) is 16.5. The molecule has 1 unspecified atom stereocenters. The summed E-state index contributed by atoms with van der Waals surface area (Å²) in [5.74, 6) is 1.27. The van der Waals surface area contributed by atoms with Crippen LogP contribution in [0.4, 0.5) is 16.2 Å². The topological polar surface area (TPSA) is 112 Å². The molecule has 3 aliphatic rings. The van der Waals surface area contributed by atoms with Crippen LogP contribution in [0, 0.1) is 5.92 Å². The predicted octanol–water partition coefficient (Wildman–Crippen LogP) is 2.17. The lowest BCUT2D eigenvalue weighted by Crippen LogP contribution is -2.36. The Bertz CT molecular complexity index is 962. The van der Waals surface area contributed by atoms with E-state index in [1.165, 1.54) is 4.31 Å². The smallest absolute Gasteiger partial charge is 0.407 e. The first-order chi connectivity index (χ1) is 14.2. The van der Waals surface area contributed by atoms with Gasteiger partial charge in [0.2, 0.25) is 10.0 Å². The molecule has 10 heteroatoms. The number of hydrazine groups is 1. The van der Waals surface area contributed by atoms with Gasteiger partial charge in [-0.3, -0.25) is 4.31 Å². The molecule has 4 rings (SSSR count). The maximum atomic E-state index is 12.0. The molecule has 1 amide bonds. The van der Waals surface area contributed by atoms with Crippen molar-refractivity contribution < 1.29 is 17.9 Å². The van der Waals surface area contributed by atoms with Gasteiger partial charge in [-0.05, 0) is 56.7 Å². The van der Waals surface area contributed by atoms with Crippen LogP contribution in [-0.4, -0.2) is 45.6 Å². The van der Waals surface area contributed by atoms with Crippen molar-refractivity contribution >= 4 is 33.3 Å². The first kappa shape index (κ1) is 20.9. The number of carbonyl (C=O) groups is 1. The second kappa shape index (κ2) is 8.07. The highest BCUT2D eigenvalue weighted by Crippen LogP contribution is 2.36. The molecule has 0 aromatic heterocycles. The zero-order chi connectivity index (χ0) is 21.5. The van der Waals surface area contributed by atoms with Crippen LogP contribution < -0.4 is 20.5 Å². The van der Waals surface area contributed by atoms with Gasteiger partial charge in [-0.1, -0.05) is 6.07 Å². The standard InChI is InChI=1S/C20H29N5O4S/c1-12(2)21-20(26)29-16-7-5-13(8-16)17-10-19(24-23-17)22-15-6-4-14-11-30(27,28)25(3)18(14)9-15/h4,6,9,12-13,16-17,23H,5,7-8,10-11H2,1-3H3,(H,21,26)(H,22,24)/t13-,16+,17?/m0/s1. The van der Waals surface area contributed by atoms with Gasteiger partial charge < -0.3 is 15.5 Å². The predicted molar refractivity (Wildman–Crippen MR) is 115 cm³/mol. The number of alkyl carbamates (subject to hydrolysis) is 1. The van der Waals surface area contributed by atoms with E-state index in [2.05, 4.69) is 21.2 Å². The zero-order valence-corrected chi connectivity index (χ0v) is 18.3. The van der Waals surface area contributed by atoms with Crippen molar-refractivity contribution in [1.82, 2.24) is 16.2 Å². The van der Waals surface area contributed by atoms with Crippen molar-refractivity contribution in [1.29, 1.82) is 0 Å². The van der Waals surface area contributed by atoms with Gasteiger partial charge in [0.25, 0.3) is 0 Å². The van der Waals surface area contributed by atoms with E-state index in [-0.39, 0.29) is 30.0 Å². The number of fused-ring (bicyclic) bond motifs is 1. The second-order valence-electron chi connectivity index (χ2n) is 8.57. The number of benzene rings is 1. The van der Waals surface area contributed by atoms with Crippen LogP contribution in [0.2, 0.25) is 0 Å². The second-order valence-corrected chi connectivity index (χ2v) is 10.6. The van der Waals surface area contributed by atoms with Crippen molar-refractivity contribution in [2.45, 2.75) is 63.5 Å². The molecular weight excluding hydrogens is 406 g/mol. The molecule has 164 valence electrons. The summed E-state index contributed by atoms with van der Waals surface area (Å²) in [6.45, 7) is 3.82. The zero-order valence-electron chi connectivity index (χ0n) is 17.5. The van der Waals surface area contributed by atoms with Crippen LogP contribution >= 0.6 is 0 Å². The fourth-order valence-corrected chi connectivity index (χ4v) is 5.65. The minimum Gasteiger partial charge on any atom is -0.446 e. The van der Waals surface area contributed by atoms with Crippen LogP contribution in [0.5, 0.6) is 0 Å². The van der Waals surface area contributed by atoms with Gasteiger partial charge in [0.05, 0.1) is 17.1 Å². The van der Waals surface area contributed by atoms with Gasteiger partial charge in [0.15, 0.2) is 0 Å². The van der Waals surface area contributed by atoms with Gasteiger partial charge in [-0.15, -0.1) is 0 Å². The fraction of sp³-hybridized carbons (Fsp3) is 0.600. The number of nitrogens with zero attached hydrogens (tertiary/aromatic N) is 2. The molecule has 30 heavy (non-hydrogen) atoms. The molecule has 2 fully saturated rings. The first-order valence-electron chi connectivity index (χ1n) is 10.4.